The van der Waals surface area contributed by atoms with Crippen LogP contribution < -0.4 is 5.32 Å². The molecule has 0 spiro atoms. The second-order valence-electron chi connectivity index (χ2n) is 4.80. The van der Waals surface area contributed by atoms with Crippen LogP contribution in [0.15, 0.2) is 30.7 Å². The molecule has 1 N–H and O–H groups in total. The Bertz CT molecular complexity index is 575. The summed E-state index contributed by atoms with van der Waals surface area (Å²) < 4.78 is 39.4. The first-order valence-electron chi connectivity index (χ1n) is 6.67. The third kappa shape index (κ3) is 3.81. The summed E-state index contributed by atoms with van der Waals surface area (Å²) in [6.45, 7) is 2.76. The third-order valence-electron chi connectivity index (χ3n) is 3.07. The van der Waals surface area contributed by atoms with Crippen LogP contribution in [0, 0.1) is 0 Å². The third-order valence-corrected chi connectivity index (χ3v) is 3.07. The van der Waals surface area contributed by atoms with E-state index in [9.17, 15) is 13.2 Å². The largest absolute Gasteiger partial charge is 0.417 e. The molecule has 0 aromatic carbocycles. The van der Waals surface area contributed by atoms with Gasteiger partial charge in [0.05, 0.1) is 23.5 Å². The summed E-state index contributed by atoms with van der Waals surface area (Å²) in [6, 6.07) is 2.20. The molecule has 2 rings (SSSR count). The Hall–Kier alpha value is -1.89. The molecular weight excluding hydrogens is 281 g/mol. The number of hydrogen-bond donors (Lipinski definition) is 1. The number of nitrogens with zero attached hydrogens (tertiary/aromatic N) is 3. The van der Waals surface area contributed by atoms with Gasteiger partial charge >= 0.3 is 6.18 Å². The second kappa shape index (κ2) is 6.26. The zero-order valence-electron chi connectivity index (χ0n) is 11.9. The van der Waals surface area contributed by atoms with E-state index in [2.05, 4.69) is 15.4 Å². The lowest BCUT2D eigenvalue weighted by Gasteiger charge is -2.17. The lowest BCUT2D eigenvalue weighted by atomic mass is 10.1. The van der Waals surface area contributed by atoms with Crippen molar-refractivity contribution in [2.24, 2.45) is 7.05 Å². The topological polar surface area (TPSA) is 42.7 Å². The van der Waals surface area contributed by atoms with Crippen LogP contribution in [0.25, 0.3) is 0 Å². The van der Waals surface area contributed by atoms with Crippen molar-refractivity contribution in [2.45, 2.75) is 25.6 Å². The molecule has 4 nitrogen and oxygen atoms in total. The van der Waals surface area contributed by atoms with Gasteiger partial charge in [0.25, 0.3) is 0 Å². The molecule has 0 fully saturated rings. The van der Waals surface area contributed by atoms with Gasteiger partial charge in [-0.3, -0.25) is 9.67 Å². The van der Waals surface area contributed by atoms with Crippen LogP contribution in [-0.2, 0) is 13.2 Å². The van der Waals surface area contributed by atoms with E-state index in [4.69, 9.17) is 0 Å². The van der Waals surface area contributed by atoms with Crippen molar-refractivity contribution >= 4 is 0 Å². The van der Waals surface area contributed by atoms with Crippen molar-refractivity contribution in [1.29, 1.82) is 0 Å². The van der Waals surface area contributed by atoms with E-state index in [1.807, 2.05) is 13.1 Å². The monoisotopic (exact) mass is 298 g/mol. The predicted octanol–water partition coefficient (Wildman–Crippen LogP) is 2.92. The molecule has 114 valence electrons. The first kappa shape index (κ1) is 15.5. The molecule has 7 heteroatoms. The van der Waals surface area contributed by atoms with Crippen molar-refractivity contribution in [3.63, 3.8) is 0 Å². The normalized spacial score (nSPS) is 13.4. The smallest absolute Gasteiger partial charge is 0.305 e. The highest BCUT2D eigenvalue weighted by Crippen LogP contribution is 2.29. The Kier molecular flexibility index (Phi) is 4.62. The van der Waals surface area contributed by atoms with Gasteiger partial charge in [0, 0.05) is 25.0 Å². The Morgan fingerprint density at radius 3 is 2.52 bits per heavy atom. The second-order valence-corrected chi connectivity index (χ2v) is 4.80. The first-order chi connectivity index (χ1) is 9.91. The van der Waals surface area contributed by atoms with Crippen LogP contribution in [0.5, 0.6) is 0 Å². The van der Waals surface area contributed by atoms with E-state index in [1.54, 1.807) is 17.9 Å². The van der Waals surface area contributed by atoms with E-state index < -0.39 is 11.7 Å². The van der Waals surface area contributed by atoms with E-state index in [1.165, 1.54) is 6.07 Å². The summed E-state index contributed by atoms with van der Waals surface area (Å²) in [6.07, 6.45) is 0.926. The fourth-order valence-electron chi connectivity index (χ4n) is 2.01. The van der Waals surface area contributed by atoms with Gasteiger partial charge in [-0.25, -0.2) is 0 Å². The SMILES string of the molecule is CCCNC(c1cnn(C)c1)c1ccc(C(F)(F)F)cn1. The Balaban J connectivity index is 2.28. The van der Waals surface area contributed by atoms with Gasteiger partial charge in [-0.15, -0.1) is 0 Å². The van der Waals surface area contributed by atoms with Crippen LogP contribution in [0.2, 0.25) is 0 Å². The molecule has 0 aliphatic rings. The summed E-state index contributed by atoms with van der Waals surface area (Å²) in [4.78, 5) is 3.96. The zero-order chi connectivity index (χ0) is 15.5. The number of alkyl halides is 3. The Labute approximate surface area is 121 Å². The van der Waals surface area contributed by atoms with Crippen LogP contribution in [0.1, 0.15) is 36.2 Å². The molecule has 0 radical (unpaired) electrons. The van der Waals surface area contributed by atoms with Gasteiger partial charge < -0.3 is 5.32 Å². The quantitative estimate of drug-likeness (QED) is 0.923. The molecule has 0 aliphatic heterocycles. The fraction of sp³-hybridized carbons (Fsp3) is 0.429. The van der Waals surface area contributed by atoms with E-state index in [-0.39, 0.29) is 6.04 Å². The highest BCUT2D eigenvalue weighted by molar-refractivity contribution is 5.26. The van der Waals surface area contributed by atoms with Crippen LogP contribution in [0.3, 0.4) is 0 Å². The maximum absolute atomic E-state index is 12.6. The van der Waals surface area contributed by atoms with Crippen molar-refractivity contribution < 1.29 is 13.2 Å². The number of aryl methyl sites for hydroxylation is 1. The standard InChI is InChI=1S/C14H17F3N4/c1-3-6-18-13(10-7-20-21(2)9-10)12-5-4-11(8-19-12)14(15,16)17/h4-5,7-9,13,18H,3,6H2,1-2H3. The van der Waals surface area contributed by atoms with Gasteiger partial charge in [-0.2, -0.15) is 18.3 Å². The lowest BCUT2D eigenvalue weighted by molar-refractivity contribution is -0.137. The molecule has 0 aliphatic carbocycles. The van der Waals surface area contributed by atoms with E-state index >= 15 is 0 Å². The predicted molar refractivity (Wildman–Crippen MR) is 72.6 cm³/mol. The highest BCUT2D eigenvalue weighted by atomic mass is 19.4. The summed E-state index contributed by atoms with van der Waals surface area (Å²) >= 11 is 0. The molecule has 2 heterocycles. The van der Waals surface area contributed by atoms with Gasteiger partial charge in [0.15, 0.2) is 0 Å². The number of rotatable bonds is 5. The molecule has 0 bridgehead atoms. The van der Waals surface area contributed by atoms with Crippen LogP contribution in [0.4, 0.5) is 13.2 Å². The molecule has 0 saturated carbocycles. The minimum Gasteiger partial charge on any atom is -0.305 e. The summed E-state index contributed by atoms with van der Waals surface area (Å²) in [7, 11) is 1.79. The van der Waals surface area contributed by atoms with Crippen molar-refractivity contribution in [3.05, 3.63) is 47.5 Å². The van der Waals surface area contributed by atoms with Crippen LogP contribution in [-0.4, -0.2) is 21.3 Å². The number of pyridine rings is 1. The van der Waals surface area contributed by atoms with E-state index in [0.717, 1.165) is 30.8 Å². The van der Waals surface area contributed by atoms with Crippen molar-refractivity contribution in [1.82, 2.24) is 20.1 Å². The first-order valence-corrected chi connectivity index (χ1v) is 6.67. The van der Waals surface area contributed by atoms with E-state index in [0.29, 0.717) is 5.69 Å². The van der Waals surface area contributed by atoms with Gasteiger partial charge in [0.1, 0.15) is 0 Å². The minimum atomic E-state index is -4.37. The molecule has 21 heavy (non-hydrogen) atoms. The molecular formula is C14H17F3N4. The summed E-state index contributed by atoms with van der Waals surface area (Å²) in [5.41, 5.74) is 0.675. The van der Waals surface area contributed by atoms with Gasteiger partial charge in [-0.1, -0.05) is 6.92 Å². The maximum Gasteiger partial charge on any atom is 0.417 e. The molecule has 0 amide bonds. The highest BCUT2D eigenvalue weighted by Gasteiger charge is 2.31. The van der Waals surface area contributed by atoms with Gasteiger partial charge in [-0.05, 0) is 25.1 Å². The number of aromatic nitrogens is 3. The summed E-state index contributed by atoms with van der Waals surface area (Å²) in [5, 5.41) is 7.37. The molecule has 1 unspecified atom stereocenters. The molecule has 1 atom stereocenters. The minimum absolute atomic E-state index is 0.263. The fourth-order valence-corrected chi connectivity index (χ4v) is 2.01. The molecule has 0 saturated heterocycles. The molecule has 2 aromatic heterocycles. The average molecular weight is 298 g/mol. The van der Waals surface area contributed by atoms with Gasteiger partial charge in [0.2, 0.25) is 0 Å². The Morgan fingerprint density at radius 2 is 2.05 bits per heavy atom. The average Bonchev–Trinajstić information content (AvgIpc) is 2.85. The maximum atomic E-state index is 12.6. The van der Waals surface area contributed by atoms with Crippen LogP contribution >= 0.6 is 0 Å². The summed E-state index contributed by atoms with van der Waals surface area (Å²) in [5.74, 6) is 0. The number of halogens is 3. The van der Waals surface area contributed by atoms with Crippen molar-refractivity contribution in [3.8, 4) is 0 Å². The number of hydrogen-bond acceptors (Lipinski definition) is 3. The lowest BCUT2D eigenvalue weighted by Crippen LogP contribution is -2.24. The van der Waals surface area contributed by atoms with Crippen molar-refractivity contribution in [2.75, 3.05) is 6.54 Å². The number of nitrogens with one attached hydrogen (secondary N) is 1. The Morgan fingerprint density at radius 1 is 1.29 bits per heavy atom. The molecule has 2 aromatic rings. The zero-order valence-corrected chi connectivity index (χ0v) is 11.9.